The van der Waals surface area contributed by atoms with Gasteiger partial charge in [-0.05, 0) is 18.9 Å². The standard InChI is InChI=1S/C19H25N5O4.ClH/c1-26-15-10-12-13(11-16(15)27-2)21-19(22-17(12)20)24-7-5-23(6-8-24)18(25)14-4-3-9-28-14;/h10-11,14H,3-9H2,1-2H3,(H2,20,21,22);1H/p-1. The number of benzene rings is 1. The summed E-state index contributed by atoms with van der Waals surface area (Å²) in [5.74, 6) is 2.21. The Balaban J connectivity index is 0.00000240. The molecule has 2 aromatic rings. The molecule has 1 unspecified atom stereocenters. The smallest absolute Gasteiger partial charge is 0.251 e. The third-order valence-electron chi connectivity index (χ3n) is 5.30. The second-order valence-corrected chi connectivity index (χ2v) is 6.95. The Morgan fingerprint density at radius 1 is 1.14 bits per heavy atom. The quantitative estimate of drug-likeness (QED) is 0.607. The minimum atomic E-state index is -0.276. The predicted molar refractivity (Wildman–Crippen MR) is 105 cm³/mol. The van der Waals surface area contributed by atoms with Crippen molar-refractivity contribution in [1.29, 1.82) is 0 Å². The van der Waals surface area contributed by atoms with Crippen LogP contribution in [-0.2, 0) is 9.53 Å². The summed E-state index contributed by atoms with van der Waals surface area (Å²) in [7, 11) is 3.16. The van der Waals surface area contributed by atoms with Gasteiger partial charge in [0.1, 0.15) is 11.9 Å². The molecule has 2 aliphatic heterocycles. The van der Waals surface area contributed by atoms with Crippen molar-refractivity contribution >= 4 is 28.6 Å². The average molecular weight is 423 g/mol. The van der Waals surface area contributed by atoms with E-state index in [-0.39, 0.29) is 24.4 Å². The van der Waals surface area contributed by atoms with Crippen LogP contribution in [0.4, 0.5) is 11.8 Å². The maximum Gasteiger partial charge on any atom is 0.251 e. The molecule has 1 aromatic heterocycles. The predicted octanol–water partition coefficient (Wildman–Crippen LogP) is -1.94. The van der Waals surface area contributed by atoms with Gasteiger partial charge in [0.2, 0.25) is 5.95 Å². The first-order valence-corrected chi connectivity index (χ1v) is 9.45. The van der Waals surface area contributed by atoms with E-state index in [4.69, 9.17) is 19.9 Å². The van der Waals surface area contributed by atoms with Gasteiger partial charge in [-0.1, -0.05) is 0 Å². The number of hydrogen-bond donors (Lipinski definition) is 1. The van der Waals surface area contributed by atoms with E-state index in [9.17, 15) is 4.79 Å². The van der Waals surface area contributed by atoms with E-state index in [0.29, 0.717) is 67.0 Å². The molecule has 0 bridgehead atoms. The van der Waals surface area contributed by atoms with Crippen LogP contribution < -0.4 is 32.5 Å². The molecule has 10 heteroatoms. The van der Waals surface area contributed by atoms with Crippen molar-refractivity contribution in [2.24, 2.45) is 0 Å². The molecular formula is C19H25ClN5O4-. The SMILES string of the molecule is COc1cc2nc(N3CCN(C(=O)C4CCCO4)CC3)nc(N)c2cc1OC.[Cl-]. The lowest BCUT2D eigenvalue weighted by molar-refractivity contribution is -0.141. The molecule has 158 valence electrons. The fourth-order valence-corrected chi connectivity index (χ4v) is 3.71. The van der Waals surface area contributed by atoms with E-state index >= 15 is 0 Å². The molecule has 0 saturated carbocycles. The van der Waals surface area contributed by atoms with E-state index in [0.717, 1.165) is 12.8 Å². The van der Waals surface area contributed by atoms with Crippen molar-refractivity contribution in [3.8, 4) is 11.5 Å². The number of fused-ring (bicyclic) bond motifs is 1. The number of methoxy groups -OCH3 is 2. The fraction of sp³-hybridized carbons (Fsp3) is 0.526. The van der Waals surface area contributed by atoms with Crippen LogP contribution in [0.5, 0.6) is 11.5 Å². The van der Waals surface area contributed by atoms with Crippen molar-refractivity contribution in [1.82, 2.24) is 14.9 Å². The topological polar surface area (TPSA) is 103 Å². The highest BCUT2D eigenvalue weighted by atomic mass is 35.5. The maximum atomic E-state index is 12.5. The number of aromatic nitrogens is 2. The second kappa shape index (κ2) is 8.87. The molecule has 29 heavy (non-hydrogen) atoms. The lowest BCUT2D eigenvalue weighted by Gasteiger charge is -2.35. The molecule has 4 rings (SSSR count). The van der Waals surface area contributed by atoms with Crippen LogP contribution in [-0.4, -0.2) is 73.9 Å². The molecule has 3 heterocycles. The first-order chi connectivity index (χ1) is 13.6. The summed E-state index contributed by atoms with van der Waals surface area (Å²) in [5, 5.41) is 0.716. The Kier molecular flexibility index (Phi) is 6.49. The van der Waals surface area contributed by atoms with Crippen LogP contribution in [0.3, 0.4) is 0 Å². The van der Waals surface area contributed by atoms with Crippen molar-refractivity contribution in [3.63, 3.8) is 0 Å². The lowest BCUT2D eigenvalue weighted by atomic mass is 10.2. The highest BCUT2D eigenvalue weighted by Crippen LogP contribution is 2.34. The van der Waals surface area contributed by atoms with Gasteiger partial charge in [-0.15, -0.1) is 0 Å². The van der Waals surface area contributed by atoms with Crippen molar-refractivity contribution in [3.05, 3.63) is 12.1 Å². The van der Waals surface area contributed by atoms with Gasteiger partial charge in [0, 0.05) is 44.2 Å². The Labute approximate surface area is 175 Å². The average Bonchev–Trinajstić information content (AvgIpc) is 3.27. The summed E-state index contributed by atoms with van der Waals surface area (Å²) in [6, 6.07) is 3.58. The number of carbonyl (C=O) groups is 1. The van der Waals surface area contributed by atoms with Gasteiger partial charge < -0.3 is 42.2 Å². The van der Waals surface area contributed by atoms with Gasteiger partial charge >= 0.3 is 0 Å². The van der Waals surface area contributed by atoms with Gasteiger partial charge in [0.05, 0.1) is 19.7 Å². The summed E-state index contributed by atoms with van der Waals surface area (Å²) < 4.78 is 16.2. The number of piperazine rings is 1. The fourth-order valence-electron chi connectivity index (χ4n) is 3.71. The largest absolute Gasteiger partial charge is 1.00 e. The van der Waals surface area contributed by atoms with Gasteiger partial charge in [-0.3, -0.25) is 4.79 Å². The number of halogens is 1. The van der Waals surface area contributed by atoms with Crippen LogP contribution in [0, 0.1) is 0 Å². The first-order valence-electron chi connectivity index (χ1n) is 9.45. The molecule has 2 fully saturated rings. The minimum absolute atomic E-state index is 0. The minimum Gasteiger partial charge on any atom is -1.00 e. The molecular weight excluding hydrogens is 398 g/mol. The van der Waals surface area contributed by atoms with Gasteiger partial charge in [0.15, 0.2) is 11.5 Å². The zero-order chi connectivity index (χ0) is 19.7. The number of nitrogen functional groups attached to an aromatic ring is 1. The van der Waals surface area contributed by atoms with Gasteiger partial charge in [-0.2, -0.15) is 4.98 Å². The monoisotopic (exact) mass is 422 g/mol. The third-order valence-corrected chi connectivity index (χ3v) is 5.30. The van der Waals surface area contributed by atoms with Crippen molar-refractivity contribution in [2.45, 2.75) is 18.9 Å². The number of nitrogens with two attached hydrogens (primary N) is 1. The van der Waals surface area contributed by atoms with E-state index in [1.165, 1.54) is 0 Å². The third kappa shape index (κ3) is 4.11. The summed E-state index contributed by atoms with van der Waals surface area (Å²) in [6.07, 6.45) is 1.49. The first kappa shape index (κ1) is 21.2. The van der Waals surface area contributed by atoms with E-state index in [1.54, 1.807) is 26.4 Å². The number of rotatable bonds is 4. The zero-order valence-corrected chi connectivity index (χ0v) is 17.3. The number of amides is 1. The molecule has 1 atom stereocenters. The Bertz CT molecular complexity index is 883. The number of hydrogen-bond acceptors (Lipinski definition) is 8. The second-order valence-electron chi connectivity index (χ2n) is 6.95. The summed E-state index contributed by atoms with van der Waals surface area (Å²) in [6.45, 7) is 3.21. The van der Waals surface area contributed by atoms with Crippen molar-refractivity contribution in [2.75, 3.05) is 57.6 Å². The number of ether oxygens (including phenoxy) is 3. The number of carbonyl (C=O) groups excluding carboxylic acids is 1. The molecule has 1 aromatic carbocycles. The summed E-state index contributed by atoms with van der Waals surface area (Å²) >= 11 is 0. The zero-order valence-electron chi connectivity index (χ0n) is 16.6. The van der Waals surface area contributed by atoms with Gasteiger partial charge in [-0.25, -0.2) is 4.98 Å². The Hall–Kier alpha value is -2.52. The Morgan fingerprint density at radius 2 is 1.83 bits per heavy atom. The van der Waals surface area contributed by atoms with E-state index < -0.39 is 0 Å². The molecule has 0 radical (unpaired) electrons. The number of anilines is 2. The van der Waals surface area contributed by atoms with E-state index in [2.05, 4.69) is 9.97 Å². The van der Waals surface area contributed by atoms with Crippen LogP contribution >= 0.6 is 0 Å². The maximum absolute atomic E-state index is 12.5. The molecule has 1 amide bonds. The molecule has 2 aliphatic rings. The molecule has 2 N–H and O–H groups in total. The van der Waals surface area contributed by atoms with Crippen LogP contribution in [0.15, 0.2) is 12.1 Å². The molecule has 2 saturated heterocycles. The van der Waals surface area contributed by atoms with Gasteiger partial charge in [0.25, 0.3) is 5.91 Å². The summed E-state index contributed by atoms with van der Waals surface area (Å²) in [5.41, 5.74) is 6.87. The molecule has 0 spiro atoms. The molecule has 0 aliphatic carbocycles. The highest BCUT2D eigenvalue weighted by Gasteiger charge is 2.31. The Morgan fingerprint density at radius 3 is 2.45 bits per heavy atom. The van der Waals surface area contributed by atoms with Crippen molar-refractivity contribution < 1.29 is 31.4 Å². The lowest BCUT2D eigenvalue weighted by Crippen LogP contribution is -3.00. The highest BCUT2D eigenvalue weighted by molar-refractivity contribution is 5.91. The van der Waals surface area contributed by atoms with Crippen LogP contribution in [0.1, 0.15) is 12.8 Å². The van der Waals surface area contributed by atoms with E-state index in [1.807, 2.05) is 9.80 Å². The number of nitrogens with zero attached hydrogens (tertiary/aromatic N) is 4. The van der Waals surface area contributed by atoms with Crippen LogP contribution in [0.25, 0.3) is 10.9 Å². The molecule has 9 nitrogen and oxygen atoms in total. The summed E-state index contributed by atoms with van der Waals surface area (Å²) in [4.78, 5) is 25.6. The van der Waals surface area contributed by atoms with Crippen LogP contribution in [0.2, 0.25) is 0 Å². The normalized spacial score (nSPS) is 19.2.